The van der Waals surface area contributed by atoms with E-state index in [1.54, 1.807) is 0 Å². The van der Waals surface area contributed by atoms with E-state index in [2.05, 4.69) is 34.5 Å². The lowest BCUT2D eigenvalue weighted by Crippen LogP contribution is -2.06. The Balaban J connectivity index is 1.97. The van der Waals surface area contributed by atoms with Crippen molar-refractivity contribution in [2.45, 2.75) is 18.8 Å². The third kappa shape index (κ3) is 1.41. The van der Waals surface area contributed by atoms with Crippen molar-refractivity contribution in [3.05, 3.63) is 46.0 Å². The van der Waals surface area contributed by atoms with Gasteiger partial charge in [-0.05, 0) is 36.2 Å². The van der Waals surface area contributed by atoms with Gasteiger partial charge in [-0.1, -0.05) is 24.3 Å². The van der Waals surface area contributed by atoms with Gasteiger partial charge in [-0.15, -0.1) is 0 Å². The van der Waals surface area contributed by atoms with Crippen molar-refractivity contribution >= 4 is 12.2 Å². The standard InChI is InChI=1S/C12H13N3S/c1-15-11(13-14-12(15)16)10-6-8-4-2-3-5-9(8)7-10/h2-5,10H,6-7H2,1H3,(H,14,16). The lowest BCUT2D eigenvalue weighted by atomic mass is 10.1. The van der Waals surface area contributed by atoms with Gasteiger partial charge in [0.1, 0.15) is 5.82 Å². The summed E-state index contributed by atoms with van der Waals surface area (Å²) >= 11 is 5.14. The number of rotatable bonds is 1. The number of nitrogens with zero attached hydrogens (tertiary/aromatic N) is 2. The molecular weight excluding hydrogens is 218 g/mol. The first kappa shape index (κ1) is 9.78. The van der Waals surface area contributed by atoms with Gasteiger partial charge in [-0.3, -0.25) is 5.10 Å². The average molecular weight is 231 g/mol. The molecule has 16 heavy (non-hydrogen) atoms. The molecule has 1 aromatic heterocycles. The van der Waals surface area contributed by atoms with Gasteiger partial charge in [0.05, 0.1) is 0 Å². The van der Waals surface area contributed by atoms with Crippen molar-refractivity contribution in [1.82, 2.24) is 14.8 Å². The molecule has 0 fully saturated rings. The second-order valence-electron chi connectivity index (χ2n) is 4.32. The lowest BCUT2D eigenvalue weighted by Gasteiger charge is -2.06. The highest BCUT2D eigenvalue weighted by Crippen LogP contribution is 2.32. The Hall–Kier alpha value is -1.42. The summed E-state index contributed by atoms with van der Waals surface area (Å²) in [4.78, 5) is 0. The van der Waals surface area contributed by atoms with Crippen LogP contribution in [0.3, 0.4) is 0 Å². The molecule has 1 aromatic carbocycles. The van der Waals surface area contributed by atoms with Crippen LogP contribution in [-0.2, 0) is 19.9 Å². The Morgan fingerprint density at radius 3 is 2.44 bits per heavy atom. The van der Waals surface area contributed by atoms with Gasteiger partial charge in [0, 0.05) is 13.0 Å². The van der Waals surface area contributed by atoms with Crippen LogP contribution in [-0.4, -0.2) is 14.8 Å². The van der Waals surface area contributed by atoms with Crippen molar-refractivity contribution in [2.24, 2.45) is 7.05 Å². The predicted molar refractivity (Wildman–Crippen MR) is 65.0 cm³/mol. The van der Waals surface area contributed by atoms with Crippen molar-refractivity contribution in [1.29, 1.82) is 0 Å². The van der Waals surface area contributed by atoms with Crippen LogP contribution in [0.15, 0.2) is 24.3 Å². The van der Waals surface area contributed by atoms with E-state index in [0.29, 0.717) is 10.7 Å². The predicted octanol–water partition coefficient (Wildman–Crippen LogP) is 2.36. The number of fused-ring (bicyclic) bond motifs is 1. The molecule has 3 rings (SSSR count). The zero-order chi connectivity index (χ0) is 11.1. The van der Waals surface area contributed by atoms with E-state index < -0.39 is 0 Å². The van der Waals surface area contributed by atoms with Crippen LogP contribution in [0.5, 0.6) is 0 Å². The number of hydrogen-bond acceptors (Lipinski definition) is 2. The second-order valence-corrected chi connectivity index (χ2v) is 4.71. The highest BCUT2D eigenvalue weighted by Gasteiger charge is 2.25. The Kier molecular flexibility index (Phi) is 2.17. The molecule has 2 aromatic rings. The van der Waals surface area contributed by atoms with E-state index in [4.69, 9.17) is 12.2 Å². The van der Waals surface area contributed by atoms with E-state index in [-0.39, 0.29) is 0 Å². The maximum Gasteiger partial charge on any atom is 0.194 e. The number of benzene rings is 1. The van der Waals surface area contributed by atoms with Gasteiger partial charge in [0.2, 0.25) is 0 Å². The first-order valence-corrected chi connectivity index (χ1v) is 5.84. The molecule has 82 valence electrons. The highest BCUT2D eigenvalue weighted by molar-refractivity contribution is 7.71. The molecule has 0 bridgehead atoms. The molecule has 1 aliphatic rings. The summed E-state index contributed by atoms with van der Waals surface area (Å²) in [6.45, 7) is 0. The molecule has 4 heteroatoms. The number of nitrogens with one attached hydrogen (secondary N) is 1. The summed E-state index contributed by atoms with van der Waals surface area (Å²) in [5.74, 6) is 1.54. The Morgan fingerprint density at radius 2 is 1.94 bits per heavy atom. The molecule has 0 saturated carbocycles. The van der Waals surface area contributed by atoms with Gasteiger partial charge < -0.3 is 4.57 Å². The molecule has 0 amide bonds. The number of aromatic nitrogens is 3. The maximum atomic E-state index is 5.14. The van der Waals surface area contributed by atoms with E-state index in [9.17, 15) is 0 Å². The molecule has 0 atom stereocenters. The fourth-order valence-electron chi connectivity index (χ4n) is 2.47. The van der Waals surface area contributed by atoms with Crippen molar-refractivity contribution < 1.29 is 0 Å². The minimum atomic E-state index is 0.468. The summed E-state index contributed by atoms with van der Waals surface area (Å²) in [7, 11) is 1.98. The fraction of sp³-hybridized carbons (Fsp3) is 0.333. The first-order valence-electron chi connectivity index (χ1n) is 5.44. The van der Waals surface area contributed by atoms with E-state index in [0.717, 1.165) is 18.7 Å². The molecule has 3 nitrogen and oxygen atoms in total. The van der Waals surface area contributed by atoms with Crippen molar-refractivity contribution in [3.8, 4) is 0 Å². The molecule has 0 aliphatic heterocycles. The minimum absolute atomic E-state index is 0.468. The molecule has 0 saturated heterocycles. The van der Waals surface area contributed by atoms with Gasteiger partial charge in [-0.2, -0.15) is 5.10 Å². The lowest BCUT2D eigenvalue weighted by molar-refractivity contribution is 0.639. The van der Waals surface area contributed by atoms with Crippen LogP contribution in [0.2, 0.25) is 0 Å². The molecule has 1 N–H and O–H groups in total. The molecule has 0 radical (unpaired) electrons. The topological polar surface area (TPSA) is 33.6 Å². The third-order valence-electron chi connectivity index (χ3n) is 3.33. The minimum Gasteiger partial charge on any atom is -0.307 e. The van der Waals surface area contributed by atoms with Crippen molar-refractivity contribution in [3.63, 3.8) is 0 Å². The van der Waals surface area contributed by atoms with Crippen LogP contribution in [0, 0.1) is 4.77 Å². The number of aromatic amines is 1. The summed E-state index contributed by atoms with van der Waals surface area (Å²) in [5.41, 5.74) is 2.89. The van der Waals surface area contributed by atoms with Gasteiger partial charge >= 0.3 is 0 Å². The van der Waals surface area contributed by atoms with Crippen molar-refractivity contribution in [2.75, 3.05) is 0 Å². The quantitative estimate of drug-likeness (QED) is 0.764. The Labute approximate surface area is 99.1 Å². The number of hydrogen-bond donors (Lipinski definition) is 1. The number of H-pyrrole nitrogens is 1. The van der Waals surface area contributed by atoms with Gasteiger partial charge in [-0.25, -0.2) is 0 Å². The summed E-state index contributed by atoms with van der Waals surface area (Å²) < 4.78 is 2.68. The summed E-state index contributed by atoms with van der Waals surface area (Å²) in [6, 6.07) is 8.61. The zero-order valence-electron chi connectivity index (χ0n) is 9.10. The average Bonchev–Trinajstić information content (AvgIpc) is 2.84. The molecule has 1 aliphatic carbocycles. The van der Waals surface area contributed by atoms with E-state index >= 15 is 0 Å². The highest BCUT2D eigenvalue weighted by atomic mass is 32.1. The zero-order valence-corrected chi connectivity index (χ0v) is 9.92. The molecular formula is C12H13N3S. The maximum absolute atomic E-state index is 5.14. The first-order chi connectivity index (χ1) is 7.75. The SMILES string of the molecule is Cn1c(C2Cc3ccccc3C2)n[nH]c1=S. The molecule has 0 unspecified atom stereocenters. The van der Waals surface area contributed by atoms with Crippen LogP contribution >= 0.6 is 12.2 Å². The summed E-state index contributed by atoms with van der Waals surface area (Å²) in [6.07, 6.45) is 2.15. The molecule has 0 spiro atoms. The van der Waals surface area contributed by atoms with E-state index in [1.807, 2.05) is 11.6 Å². The smallest absolute Gasteiger partial charge is 0.194 e. The van der Waals surface area contributed by atoms with Gasteiger partial charge in [0.15, 0.2) is 4.77 Å². The van der Waals surface area contributed by atoms with Crippen LogP contribution in [0.1, 0.15) is 22.9 Å². The van der Waals surface area contributed by atoms with Gasteiger partial charge in [0.25, 0.3) is 0 Å². The monoisotopic (exact) mass is 231 g/mol. The summed E-state index contributed by atoms with van der Waals surface area (Å²) in [5, 5.41) is 7.18. The molecule has 1 heterocycles. The van der Waals surface area contributed by atoms with Crippen LogP contribution in [0.25, 0.3) is 0 Å². The second kappa shape index (κ2) is 3.56. The largest absolute Gasteiger partial charge is 0.307 e. The normalized spacial score (nSPS) is 15.3. The fourth-order valence-corrected chi connectivity index (χ4v) is 2.60. The Bertz CT molecular complexity index is 557. The van der Waals surface area contributed by atoms with Crippen LogP contribution < -0.4 is 0 Å². The third-order valence-corrected chi connectivity index (χ3v) is 3.70. The van der Waals surface area contributed by atoms with E-state index in [1.165, 1.54) is 11.1 Å². The van der Waals surface area contributed by atoms with Crippen LogP contribution in [0.4, 0.5) is 0 Å². The Morgan fingerprint density at radius 1 is 1.31 bits per heavy atom.